The van der Waals surface area contributed by atoms with E-state index in [0.717, 1.165) is 24.0 Å². The molecule has 0 aromatic heterocycles. The van der Waals surface area contributed by atoms with Crippen LogP contribution in [-0.4, -0.2) is 22.4 Å². The molecule has 4 nitrogen and oxygen atoms in total. The highest BCUT2D eigenvalue weighted by Crippen LogP contribution is 2.35. The molecule has 0 amide bonds. The first-order valence-corrected chi connectivity index (χ1v) is 10.4. The topological polar surface area (TPSA) is 69.9 Å². The van der Waals surface area contributed by atoms with Gasteiger partial charge < -0.3 is 20.1 Å². The largest absolute Gasteiger partial charge is 0.504 e. The third kappa shape index (κ3) is 6.38. The molecular formula is C23H27IO4. The van der Waals surface area contributed by atoms with Crippen LogP contribution in [0.2, 0.25) is 0 Å². The van der Waals surface area contributed by atoms with Crippen molar-refractivity contribution in [3.63, 3.8) is 0 Å². The van der Waals surface area contributed by atoms with Gasteiger partial charge in [0.15, 0.2) is 11.5 Å². The Morgan fingerprint density at radius 1 is 1.14 bits per heavy atom. The number of aliphatic hydroxyl groups is 2. The fourth-order valence-corrected chi connectivity index (χ4v) is 3.58. The highest BCUT2D eigenvalue weighted by molar-refractivity contribution is 14.1. The van der Waals surface area contributed by atoms with Crippen molar-refractivity contribution in [3.05, 3.63) is 74.5 Å². The molecule has 0 aliphatic rings. The maximum atomic E-state index is 10.5. The van der Waals surface area contributed by atoms with Crippen molar-refractivity contribution >= 4 is 22.6 Å². The summed E-state index contributed by atoms with van der Waals surface area (Å²) in [7, 11) is 1.49. The smallest absolute Gasteiger partial charge is 0.171 e. The molecule has 0 aliphatic heterocycles. The molecule has 3 N–H and O–H groups in total. The Morgan fingerprint density at radius 3 is 2.50 bits per heavy atom. The lowest BCUT2D eigenvalue weighted by molar-refractivity contribution is 0.177. The van der Waals surface area contributed by atoms with E-state index in [0.29, 0.717) is 27.7 Å². The Morgan fingerprint density at radius 2 is 1.86 bits per heavy atom. The van der Waals surface area contributed by atoms with Crippen LogP contribution in [0.3, 0.4) is 0 Å². The van der Waals surface area contributed by atoms with Crippen molar-refractivity contribution in [2.24, 2.45) is 0 Å². The molecule has 0 heterocycles. The second kappa shape index (κ2) is 11.3. The van der Waals surface area contributed by atoms with Crippen LogP contribution in [0.15, 0.2) is 59.8 Å². The van der Waals surface area contributed by atoms with Crippen molar-refractivity contribution in [3.8, 4) is 11.5 Å². The lowest BCUT2D eigenvalue weighted by atomic mass is 9.99. The van der Waals surface area contributed by atoms with Gasteiger partial charge in [-0.1, -0.05) is 43.7 Å². The lowest BCUT2D eigenvalue weighted by Crippen LogP contribution is -1.99. The highest BCUT2D eigenvalue weighted by atomic mass is 127. The molecule has 5 heteroatoms. The molecule has 2 aromatic rings. The summed E-state index contributed by atoms with van der Waals surface area (Å²) in [6.45, 7) is 2.09. The average Bonchev–Trinajstić information content (AvgIpc) is 2.70. The summed E-state index contributed by atoms with van der Waals surface area (Å²) in [5.74, 6) is 0.424. The maximum Gasteiger partial charge on any atom is 0.171 e. The highest BCUT2D eigenvalue weighted by Gasteiger charge is 2.14. The zero-order valence-corrected chi connectivity index (χ0v) is 18.4. The van der Waals surface area contributed by atoms with Crippen molar-refractivity contribution in [1.82, 2.24) is 0 Å². The molecule has 2 rings (SSSR count). The normalized spacial score (nSPS) is 12.8. The zero-order valence-electron chi connectivity index (χ0n) is 16.2. The summed E-state index contributed by atoms with van der Waals surface area (Å²) in [4.78, 5) is 0. The van der Waals surface area contributed by atoms with Crippen molar-refractivity contribution in [2.45, 2.75) is 44.8 Å². The van der Waals surface area contributed by atoms with E-state index >= 15 is 0 Å². The van der Waals surface area contributed by atoms with E-state index in [1.54, 1.807) is 12.1 Å². The summed E-state index contributed by atoms with van der Waals surface area (Å²) >= 11 is 2.01. The molecule has 150 valence electrons. The van der Waals surface area contributed by atoms with Gasteiger partial charge in [0.25, 0.3) is 0 Å². The number of ether oxygens (including phenoxy) is 1. The van der Waals surface area contributed by atoms with E-state index in [1.165, 1.54) is 7.11 Å². The average molecular weight is 494 g/mol. The Kier molecular flexibility index (Phi) is 9.06. The Balaban J connectivity index is 2.11. The third-order valence-corrected chi connectivity index (χ3v) is 5.30. The summed E-state index contributed by atoms with van der Waals surface area (Å²) in [5.41, 5.74) is 5.87. The molecule has 28 heavy (non-hydrogen) atoms. The van der Waals surface area contributed by atoms with Crippen LogP contribution in [0.1, 0.15) is 55.9 Å². The van der Waals surface area contributed by atoms with E-state index in [-0.39, 0.29) is 5.75 Å². The second-order valence-electron chi connectivity index (χ2n) is 6.64. The third-order valence-electron chi connectivity index (χ3n) is 4.48. The number of phenols is 1. The SMILES string of the molecule is CCCC(=C=CC[C@@H](O)c1cc(I)c(O)c(OC)c1)C[C@@H](O)c1ccccc1. The summed E-state index contributed by atoms with van der Waals surface area (Å²) in [5, 5.41) is 30.9. The molecule has 0 fully saturated rings. The van der Waals surface area contributed by atoms with E-state index in [2.05, 4.69) is 12.7 Å². The molecule has 0 aliphatic carbocycles. The zero-order chi connectivity index (χ0) is 20.5. The van der Waals surface area contributed by atoms with E-state index in [1.807, 2.05) is 59.0 Å². The van der Waals surface area contributed by atoms with Gasteiger partial charge in [-0.3, -0.25) is 0 Å². The van der Waals surface area contributed by atoms with Gasteiger partial charge in [0.1, 0.15) is 0 Å². The van der Waals surface area contributed by atoms with Crippen LogP contribution in [0.25, 0.3) is 0 Å². The number of rotatable bonds is 9. The molecule has 0 radical (unpaired) electrons. The number of aromatic hydroxyl groups is 1. The van der Waals surface area contributed by atoms with Gasteiger partial charge in [0, 0.05) is 12.8 Å². The first-order valence-electron chi connectivity index (χ1n) is 9.36. The van der Waals surface area contributed by atoms with Crippen LogP contribution in [0.4, 0.5) is 0 Å². The quantitative estimate of drug-likeness (QED) is 0.321. The molecular weight excluding hydrogens is 467 g/mol. The second-order valence-corrected chi connectivity index (χ2v) is 7.80. The van der Waals surface area contributed by atoms with Crippen molar-refractivity contribution < 1.29 is 20.1 Å². The molecule has 0 spiro atoms. The number of aliphatic hydroxyl groups excluding tert-OH is 2. The minimum Gasteiger partial charge on any atom is -0.504 e. The number of phenolic OH excluding ortho intramolecular Hbond substituents is 1. The molecule has 0 saturated heterocycles. The summed E-state index contributed by atoms with van der Waals surface area (Å²) in [6.07, 6.45) is 3.26. The van der Waals surface area contributed by atoms with Gasteiger partial charge in [-0.2, -0.15) is 0 Å². The summed E-state index contributed by atoms with van der Waals surface area (Å²) in [6, 6.07) is 13.0. The fraction of sp³-hybridized carbons (Fsp3) is 0.348. The minimum atomic E-state index is -0.725. The number of halogens is 1. The van der Waals surface area contributed by atoms with Crippen LogP contribution < -0.4 is 4.74 Å². The van der Waals surface area contributed by atoms with Crippen LogP contribution >= 0.6 is 22.6 Å². The fourth-order valence-electron chi connectivity index (χ4n) is 2.95. The maximum absolute atomic E-state index is 10.5. The van der Waals surface area contributed by atoms with E-state index < -0.39 is 12.2 Å². The Hall–Kier alpha value is -1.79. The first-order chi connectivity index (χ1) is 13.5. The van der Waals surface area contributed by atoms with E-state index in [9.17, 15) is 15.3 Å². The number of methoxy groups -OCH3 is 1. The van der Waals surface area contributed by atoms with Gasteiger partial charge in [0.2, 0.25) is 0 Å². The molecule has 2 atom stereocenters. The van der Waals surface area contributed by atoms with Crippen LogP contribution in [-0.2, 0) is 0 Å². The van der Waals surface area contributed by atoms with E-state index in [4.69, 9.17) is 4.74 Å². The molecule has 0 unspecified atom stereocenters. The van der Waals surface area contributed by atoms with Gasteiger partial charge >= 0.3 is 0 Å². The number of benzene rings is 2. The van der Waals surface area contributed by atoms with Gasteiger partial charge in [-0.05, 0) is 63.9 Å². The predicted molar refractivity (Wildman–Crippen MR) is 119 cm³/mol. The first kappa shape index (κ1) is 22.5. The van der Waals surface area contributed by atoms with Gasteiger partial charge in [-0.25, -0.2) is 0 Å². The lowest BCUT2D eigenvalue weighted by Gasteiger charge is -2.13. The molecule has 2 aromatic carbocycles. The predicted octanol–water partition coefficient (Wildman–Crippen LogP) is 5.43. The van der Waals surface area contributed by atoms with Gasteiger partial charge in [-0.15, -0.1) is 5.73 Å². The monoisotopic (exact) mass is 494 g/mol. The molecule has 0 bridgehead atoms. The number of hydrogen-bond donors (Lipinski definition) is 3. The van der Waals surface area contributed by atoms with Gasteiger partial charge in [0.05, 0.1) is 22.9 Å². The van der Waals surface area contributed by atoms with Crippen molar-refractivity contribution in [2.75, 3.05) is 7.11 Å². The van der Waals surface area contributed by atoms with Crippen molar-refractivity contribution in [1.29, 1.82) is 0 Å². The standard InChI is InChI=1S/C23H27IO4/c1-3-8-16(13-21(26)17-10-5-4-6-11-17)9-7-12-20(25)18-14-19(24)23(27)22(15-18)28-2/h4-7,10-11,14-15,20-21,25-27H,3,8,12-13H2,1-2H3/t9?,20-,21-/m1/s1. The Labute approximate surface area is 180 Å². The Bertz CT molecular complexity index is 826. The van der Waals surface area contributed by atoms with Crippen LogP contribution in [0, 0.1) is 3.57 Å². The van der Waals surface area contributed by atoms with Crippen LogP contribution in [0.5, 0.6) is 11.5 Å². The minimum absolute atomic E-state index is 0.0784. The summed E-state index contributed by atoms with van der Waals surface area (Å²) < 4.78 is 5.78. The molecule has 0 saturated carbocycles. The number of hydrogen-bond acceptors (Lipinski definition) is 4.